The van der Waals surface area contributed by atoms with E-state index in [9.17, 15) is 32.7 Å². The summed E-state index contributed by atoms with van der Waals surface area (Å²) in [5.74, 6) is -3.07. The van der Waals surface area contributed by atoms with Crippen molar-refractivity contribution >= 4 is 57.8 Å². The SMILES string of the molecule is CO/N=C(\C(=O)N[C@@H]1C(=O)N2C(C(=O)O)=C(/C=C\c3cc(C(F)(F)F)no3)CS[C@H]12)c1csc(N)n1. The van der Waals surface area contributed by atoms with Gasteiger partial charge in [0.05, 0.1) is 0 Å². The molecule has 2 aromatic rings. The fourth-order valence-corrected chi connectivity index (χ4v) is 5.22. The van der Waals surface area contributed by atoms with E-state index >= 15 is 0 Å². The van der Waals surface area contributed by atoms with Gasteiger partial charge in [0.25, 0.3) is 11.8 Å². The molecule has 2 aliphatic rings. The van der Waals surface area contributed by atoms with Crippen molar-refractivity contribution in [3.8, 4) is 0 Å². The van der Waals surface area contributed by atoms with Gasteiger partial charge < -0.3 is 25.5 Å². The van der Waals surface area contributed by atoms with E-state index in [1.165, 1.54) is 18.6 Å². The molecule has 0 aliphatic carbocycles. The Morgan fingerprint density at radius 3 is 2.75 bits per heavy atom. The highest BCUT2D eigenvalue weighted by Gasteiger charge is 2.54. The highest BCUT2D eigenvalue weighted by molar-refractivity contribution is 8.00. The molecule has 4 heterocycles. The number of hydrogen-bond donors (Lipinski definition) is 3. The van der Waals surface area contributed by atoms with Crippen molar-refractivity contribution in [1.29, 1.82) is 0 Å². The Balaban J connectivity index is 1.52. The van der Waals surface area contributed by atoms with E-state index in [2.05, 4.69) is 30.0 Å². The van der Waals surface area contributed by atoms with Crippen molar-refractivity contribution in [2.75, 3.05) is 18.6 Å². The van der Waals surface area contributed by atoms with Gasteiger partial charge in [-0.05, 0) is 11.6 Å². The Morgan fingerprint density at radius 2 is 2.17 bits per heavy atom. The number of hydrogen-bond acceptors (Lipinski definition) is 11. The summed E-state index contributed by atoms with van der Waals surface area (Å²) in [6, 6.07) is -0.407. The highest BCUT2D eigenvalue weighted by atomic mass is 32.2. The van der Waals surface area contributed by atoms with Crippen LogP contribution < -0.4 is 11.1 Å². The van der Waals surface area contributed by atoms with Gasteiger partial charge in [0.15, 0.2) is 22.3 Å². The number of carboxylic acid groups (broad SMARTS) is 1. The van der Waals surface area contributed by atoms with Gasteiger partial charge in [0, 0.05) is 17.2 Å². The number of allylic oxidation sites excluding steroid dienone is 1. The molecule has 2 aliphatic heterocycles. The third kappa shape index (κ3) is 4.78. The third-order valence-electron chi connectivity index (χ3n) is 4.92. The number of β-lactam (4-membered cyclic amide) rings is 1. The minimum absolute atomic E-state index is 0.0842. The van der Waals surface area contributed by atoms with Crippen LogP contribution in [0.15, 0.2) is 38.5 Å². The van der Waals surface area contributed by atoms with E-state index in [0.29, 0.717) is 6.07 Å². The Labute approximate surface area is 207 Å². The van der Waals surface area contributed by atoms with E-state index in [4.69, 9.17) is 5.73 Å². The lowest BCUT2D eigenvalue weighted by atomic mass is 10.0. The van der Waals surface area contributed by atoms with Crippen LogP contribution in [0.1, 0.15) is 17.1 Å². The van der Waals surface area contributed by atoms with Gasteiger partial charge in [-0.15, -0.1) is 23.1 Å². The van der Waals surface area contributed by atoms with Crippen LogP contribution in [-0.2, 0) is 25.4 Å². The molecular weight excluding hydrogens is 529 g/mol. The molecule has 0 aromatic carbocycles. The van der Waals surface area contributed by atoms with Crippen LogP contribution in [0.25, 0.3) is 6.08 Å². The summed E-state index contributed by atoms with van der Waals surface area (Å²) >= 11 is 2.22. The molecule has 2 amide bonds. The number of nitrogens with one attached hydrogen (secondary N) is 1. The molecule has 4 rings (SSSR count). The molecule has 2 aromatic heterocycles. The summed E-state index contributed by atoms with van der Waals surface area (Å²) < 4.78 is 42.7. The van der Waals surface area contributed by atoms with Crippen LogP contribution in [0, 0.1) is 0 Å². The van der Waals surface area contributed by atoms with Crippen LogP contribution in [0.4, 0.5) is 18.3 Å². The topological polar surface area (TPSA) is 173 Å². The first-order chi connectivity index (χ1) is 17.0. The standard InChI is InChI=1S/C19H15F3N6O6S2/c1-33-27-11(9-6-36-18(23)24-9)14(29)25-12-15(30)28-13(17(31)32)7(5-35-16(12)28)2-3-8-4-10(26-34-8)19(20,21)22/h2-4,6,12,16H,5H2,1H3,(H2,23,24)(H,25,29)(H,31,32)/b3-2-,27-11-/t12-,16-/m1/s1. The molecule has 190 valence electrons. The fraction of sp³-hybridized carbons (Fsp3) is 0.263. The van der Waals surface area contributed by atoms with Crippen molar-refractivity contribution in [2.45, 2.75) is 17.6 Å². The Kier molecular flexibility index (Phi) is 6.77. The second-order valence-electron chi connectivity index (χ2n) is 7.18. The maximum Gasteiger partial charge on any atom is 0.436 e. The average Bonchev–Trinajstić information content (AvgIpc) is 3.47. The lowest BCUT2D eigenvalue weighted by Gasteiger charge is -2.49. The first kappa shape index (κ1) is 25.2. The minimum atomic E-state index is -4.70. The Bertz CT molecular complexity index is 1320. The van der Waals surface area contributed by atoms with Crippen LogP contribution in [0.5, 0.6) is 0 Å². The van der Waals surface area contributed by atoms with Crippen molar-refractivity contribution in [1.82, 2.24) is 20.4 Å². The number of nitrogens with zero attached hydrogens (tertiary/aromatic N) is 4. The summed E-state index contributed by atoms with van der Waals surface area (Å²) in [7, 11) is 1.22. The number of fused-ring (bicyclic) bond motifs is 1. The van der Waals surface area contributed by atoms with Crippen LogP contribution in [-0.4, -0.2) is 67.9 Å². The monoisotopic (exact) mass is 544 g/mol. The summed E-state index contributed by atoms with van der Waals surface area (Å²) in [6.45, 7) is 0. The number of alkyl halides is 3. The van der Waals surface area contributed by atoms with E-state index in [0.717, 1.165) is 34.1 Å². The predicted molar refractivity (Wildman–Crippen MR) is 120 cm³/mol. The molecule has 0 radical (unpaired) electrons. The lowest BCUT2D eigenvalue weighted by molar-refractivity contribution is -0.150. The van der Waals surface area contributed by atoms with E-state index < -0.39 is 41.1 Å². The molecule has 1 saturated heterocycles. The zero-order valence-corrected chi connectivity index (χ0v) is 19.6. The third-order valence-corrected chi connectivity index (χ3v) is 6.89. The number of anilines is 1. The Hall–Kier alpha value is -3.86. The molecule has 0 saturated carbocycles. The second kappa shape index (κ2) is 9.65. The van der Waals surface area contributed by atoms with E-state index in [1.807, 2.05) is 0 Å². The average molecular weight is 544 g/mol. The van der Waals surface area contributed by atoms with Gasteiger partial charge >= 0.3 is 12.1 Å². The van der Waals surface area contributed by atoms with Gasteiger partial charge in [-0.3, -0.25) is 14.5 Å². The number of oxime groups is 1. The maximum absolute atomic E-state index is 12.8. The zero-order chi connectivity index (χ0) is 26.2. The number of nitrogen functional groups attached to an aromatic ring is 1. The quantitative estimate of drug-likeness (QED) is 0.264. The number of halogens is 3. The first-order valence-corrected chi connectivity index (χ1v) is 11.7. The lowest BCUT2D eigenvalue weighted by Crippen LogP contribution is -2.71. The maximum atomic E-state index is 12.8. The van der Waals surface area contributed by atoms with E-state index in [1.54, 1.807) is 0 Å². The molecule has 17 heteroatoms. The van der Waals surface area contributed by atoms with Crippen molar-refractivity contribution in [3.05, 3.63) is 45.9 Å². The molecule has 36 heavy (non-hydrogen) atoms. The van der Waals surface area contributed by atoms with Gasteiger partial charge in [-0.2, -0.15) is 13.2 Å². The number of aromatic nitrogens is 2. The summed E-state index contributed by atoms with van der Waals surface area (Å²) in [4.78, 5) is 47.2. The number of thioether (sulfide) groups is 1. The number of nitrogens with two attached hydrogens (primary N) is 1. The van der Waals surface area contributed by atoms with E-state index in [-0.39, 0.29) is 39.3 Å². The normalized spacial score (nSPS) is 20.4. The number of carboxylic acids is 1. The second-order valence-corrected chi connectivity index (χ2v) is 9.17. The first-order valence-electron chi connectivity index (χ1n) is 9.77. The molecule has 0 unspecified atom stereocenters. The van der Waals surface area contributed by atoms with Gasteiger partial charge in [-0.1, -0.05) is 16.4 Å². The van der Waals surface area contributed by atoms with Crippen molar-refractivity contribution in [2.24, 2.45) is 5.16 Å². The van der Waals surface area contributed by atoms with Crippen LogP contribution in [0.3, 0.4) is 0 Å². The summed E-state index contributed by atoms with van der Waals surface area (Å²) in [5, 5.41) is 19.7. The molecule has 4 N–H and O–H groups in total. The number of carbonyl (C=O) groups is 3. The Morgan fingerprint density at radius 1 is 1.42 bits per heavy atom. The molecule has 12 nitrogen and oxygen atoms in total. The number of rotatable bonds is 7. The smallest absolute Gasteiger partial charge is 0.436 e. The molecule has 2 atom stereocenters. The molecule has 0 spiro atoms. The number of amides is 2. The highest BCUT2D eigenvalue weighted by Crippen LogP contribution is 2.41. The number of aliphatic carboxylic acids is 1. The molecular formula is C19H15F3N6O6S2. The van der Waals surface area contributed by atoms with Gasteiger partial charge in [-0.25, -0.2) is 9.78 Å². The molecule has 1 fully saturated rings. The largest absolute Gasteiger partial charge is 0.477 e. The zero-order valence-electron chi connectivity index (χ0n) is 18.0. The minimum Gasteiger partial charge on any atom is -0.477 e. The number of carbonyl (C=O) groups excluding carboxylic acids is 2. The predicted octanol–water partition coefficient (Wildman–Crippen LogP) is 1.53. The number of thiazole rings is 1. The van der Waals surface area contributed by atoms with Gasteiger partial charge in [0.2, 0.25) is 0 Å². The summed E-state index contributed by atoms with van der Waals surface area (Å²) in [6.07, 6.45) is -2.33. The van der Waals surface area contributed by atoms with Crippen molar-refractivity contribution in [3.63, 3.8) is 0 Å². The van der Waals surface area contributed by atoms with Crippen LogP contribution in [0.2, 0.25) is 0 Å². The van der Waals surface area contributed by atoms with Crippen molar-refractivity contribution < 1.29 is 42.0 Å². The van der Waals surface area contributed by atoms with Crippen LogP contribution >= 0.6 is 23.1 Å². The fourth-order valence-electron chi connectivity index (χ4n) is 3.36. The molecule has 0 bridgehead atoms. The van der Waals surface area contributed by atoms with Gasteiger partial charge in [0.1, 0.15) is 29.9 Å². The summed E-state index contributed by atoms with van der Waals surface area (Å²) in [5.41, 5.74) is 4.06.